The lowest BCUT2D eigenvalue weighted by atomic mass is 10.0. The van der Waals surface area contributed by atoms with Crippen molar-refractivity contribution in [2.24, 2.45) is 5.92 Å². The molecule has 3 heterocycles. The number of anilines is 1. The van der Waals surface area contributed by atoms with E-state index in [1.165, 1.54) is 28.7 Å². The normalized spacial score (nSPS) is 17.3. The standard InChI is InChI=1S/C21H25N5O2S2/c1-14-5-4-9-25(11-14)12-15-13-30-20(22-15)24-18(27)8-10-26-19(28)16-6-2-3-7-17(16)23-21(26)29/h2-3,6-7,13-14H,4-5,8-12H2,1H3,(H,23,29)(H,22,24,27). The molecule has 158 valence electrons. The SMILES string of the molecule is CC1CCCN(Cc2csc(NC(=O)CCn3c(=S)[nH]c4ccccc4c3=O)n2)C1. The van der Waals surface area contributed by atoms with Crippen molar-refractivity contribution in [1.29, 1.82) is 0 Å². The first kappa shape index (κ1) is 20.9. The number of nitrogens with zero attached hydrogens (tertiary/aromatic N) is 3. The van der Waals surface area contributed by atoms with E-state index in [9.17, 15) is 9.59 Å². The van der Waals surface area contributed by atoms with Crippen molar-refractivity contribution in [3.63, 3.8) is 0 Å². The molecule has 1 amide bonds. The van der Waals surface area contributed by atoms with Crippen LogP contribution in [0.15, 0.2) is 34.4 Å². The zero-order valence-electron chi connectivity index (χ0n) is 16.9. The van der Waals surface area contributed by atoms with Gasteiger partial charge in [-0.05, 0) is 49.7 Å². The average Bonchev–Trinajstić information content (AvgIpc) is 3.14. The molecule has 0 saturated carbocycles. The number of aromatic nitrogens is 3. The number of piperidine rings is 1. The number of fused-ring (bicyclic) bond motifs is 1. The van der Waals surface area contributed by atoms with E-state index < -0.39 is 0 Å². The van der Waals surface area contributed by atoms with Crippen LogP contribution < -0.4 is 10.9 Å². The first-order valence-corrected chi connectivity index (χ1v) is 11.5. The van der Waals surface area contributed by atoms with Gasteiger partial charge < -0.3 is 10.3 Å². The minimum Gasteiger partial charge on any atom is -0.332 e. The number of aromatic amines is 1. The summed E-state index contributed by atoms with van der Waals surface area (Å²) in [6.07, 6.45) is 2.67. The summed E-state index contributed by atoms with van der Waals surface area (Å²) >= 11 is 6.73. The van der Waals surface area contributed by atoms with Crippen LogP contribution in [0.1, 0.15) is 31.9 Å². The highest BCUT2D eigenvalue weighted by Crippen LogP contribution is 2.21. The maximum absolute atomic E-state index is 12.7. The predicted molar refractivity (Wildman–Crippen MR) is 122 cm³/mol. The van der Waals surface area contributed by atoms with Crippen LogP contribution >= 0.6 is 23.6 Å². The Labute approximate surface area is 183 Å². The first-order valence-electron chi connectivity index (χ1n) is 10.2. The number of thiazole rings is 1. The second-order valence-electron chi connectivity index (χ2n) is 7.86. The first-order chi connectivity index (χ1) is 14.5. The molecule has 1 fully saturated rings. The van der Waals surface area contributed by atoms with Crippen molar-refractivity contribution < 1.29 is 4.79 Å². The molecular weight excluding hydrogens is 418 g/mol. The van der Waals surface area contributed by atoms with Crippen LogP contribution in [0.2, 0.25) is 0 Å². The number of benzene rings is 1. The topological polar surface area (TPSA) is 83.0 Å². The van der Waals surface area contributed by atoms with Crippen LogP contribution in [0.4, 0.5) is 5.13 Å². The number of rotatable bonds is 6. The Morgan fingerprint density at radius 2 is 2.23 bits per heavy atom. The smallest absolute Gasteiger partial charge is 0.262 e. The molecule has 0 radical (unpaired) electrons. The molecule has 1 aliphatic rings. The number of H-pyrrole nitrogens is 1. The van der Waals surface area contributed by atoms with Gasteiger partial charge in [0.05, 0.1) is 16.6 Å². The highest BCUT2D eigenvalue weighted by Gasteiger charge is 2.17. The molecular formula is C21H25N5O2S2. The highest BCUT2D eigenvalue weighted by molar-refractivity contribution is 7.71. The molecule has 1 unspecified atom stereocenters. The predicted octanol–water partition coefficient (Wildman–Crippen LogP) is 3.78. The van der Waals surface area contributed by atoms with E-state index in [4.69, 9.17) is 12.2 Å². The molecule has 1 atom stereocenters. The number of likely N-dealkylation sites (tertiary alicyclic amines) is 1. The molecule has 2 N–H and O–H groups in total. The van der Waals surface area contributed by atoms with E-state index in [1.54, 1.807) is 6.07 Å². The summed E-state index contributed by atoms with van der Waals surface area (Å²) in [4.78, 5) is 35.1. The van der Waals surface area contributed by atoms with Crippen LogP contribution in [0.25, 0.3) is 10.9 Å². The van der Waals surface area contributed by atoms with Crippen molar-refractivity contribution in [2.75, 3.05) is 18.4 Å². The molecule has 1 aliphatic heterocycles. The summed E-state index contributed by atoms with van der Waals surface area (Å²) in [5, 5.41) is 6.00. The molecule has 0 bridgehead atoms. The minimum absolute atomic E-state index is 0.147. The van der Waals surface area contributed by atoms with Gasteiger partial charge in [-0.2, -0.15) is 0 Å². The number of carbonyl (C=O) groups is 1. The Balaban J connectivity index is 1.36. The molecule has 4 rings (SSSR count). The van der Waals surface area contributed by atoms with Crippen molar-refractivity contribution in [3.8, 4) is 0 Å². The van der Waals surface area contributed by atoms with Crippen LogP contribution in [0.3, 0.4) is 0 Å². The van der Waals surface area contributed by atoms with Crippen LogP contribution in [-0.2, 0) is 17.9 Å². The molecule has 1 saturated heterocycles. The summed E-state index contributed by atoms with van der Waals surface area (Å²) in [5.74, 6) is 0.540. The Morgan fingerprint density at radius 1 is 1.40 bits per heavy atom. The van der Waals surface area contributed by atoms with Gasteiger partial charge >= 0.3 is 0 Å². The van der Waals surface area contributed by atoms with Gasteiger partial charge in [-0.1, -0.05) is 19.1 Å². The molecule has 1 aromatic carbocycles. The minimum atomic E-state index is -0.186. The Kier molecular flexibility index (Phi) is 6.40. The van der Waals surface area contributed by atoms with Gasteiger partial charge in [0.25, 0.3) is 5.56 Å². The lowest BCUT2D eigenvalue weighted by molar-refractivity contribution is -0.116. The summed E-state index contributed by atoms with van der Waals surface area (Å²) in [6, 6.07) is 7.22. The van der Waals surface area contributed by atoms with E-state index in [0.29, 0.717) is 20.8 Å². The molecule has 0 aliphatic carbocycles. The largest absolute Gasteiger partial charge is 0.332 e. The van der Waals surface area contributed by atoms with E-state index in [2.05, 4.69) is 27.1 Å². The summed E-state index contributed by atoms with van der Waals surface area (Å²) in [6.45, 7) is 5.52. The number of amides is 1. The second-order valence-corrected chi connectivity index (χ2v) is 9.10. The zero-order chi connectivity index (χ0) is 21.1. The van der Waals surface area contributed by atoms with Crippen LogP contribution in [0.5, 0.6) is 0 Å². The van der Waals surface area contributed by atoms with Gasteiger partial charge in [0, 0.05) is 31.4 Å². The van der Waals surface area contributed by atoms with Crippen LogP contribution in [0, 0.1) is 10.7 Å². The zero-order valence-corrected chi connectivity index (χ0v) is 18.5. The fourth-order valence-corrected chi connectivity index (χ4v) is 4.90. The molecule has 7 nitrogen and oxygen atoms in total. The number of hydrogen-bond acceptors (Lipinski definition) is 6. The van der Waals surface area contributed by atoms with Gasteiger partial charge in [0.15, 0.2) is 9.90 Å². The third-order valence-corrected chi connectivity index (χ3v) is 6.51. The maximum atomic E-state index is 12.7. The number of nitrogens with one attached hydrogen (secondary N) is 2. The summed E-state index contributed by atoms with van der Waals surface area (Å²) < 4.78 is 1.75. The Bertz CT molecular complexity index is 1170. The fourth-order valence-electron chi connectivity index (χ4n) is 3.89. The lowest BCUT2D eigenvalue weighted by Gasteiger charge is -2.30. The molecule has 9 heteroatoms. The maximum Gasteiger partial charge on any atom is 0.262 e. The Morgan fingerprint density at radius 3 is 3.07 bits per heavy atom. The second kappa shape index (κ2) is 9.20. The number of hydrogen-bond donors (Lipinski definition) is 2. The lowest BCUT2D eigenvalue weighted by Crippen LogP contribution is -2.33. The molecule has 0 spiro atoms. The Hall–Kier alpha value is -2.36. The van der Waals surface area contributed by atoms with E-state index in [1.807, 2.05) is 23.6 Å². The molecule has 2 aromatic heterocycles. The average molecular weight is 444 g/mol. The third kappa shape index (κ3) is 4.85. The van der Waals surface area contributed by atoms with E-state index in [0.717, 1.165) is 31.2 Å². The van der Waals surface area contributed by atoms with Crippen molar-refractivity contribution in [1.82, 2.24) is 19.4 Å². The summed E-state index contributed by atoms with van der Waals surface area (Å²) in [5.41, 5.74) is 1.50. The van der Waals surface area contributed by atoms with E-state index in [-0.39, 0.29) is 24.4 Å². The quantitative estimate of drug-likeness (QED) is 0.567. The van der Waals surface area contributed by atoms with Gasteiger partial charge in [-0.15, -0.1) is 11.3 Å². The third-order valence-electron chi connectivity index (χ3n) is 5.38. The van der Waals surface area contributed by atoms with Crippen LogP contribution in [-0.4, -0.2) is 38.4 Å². The molecule has 3 aromatic rings. The van der Waals surface area contributed by atoms with Crippen molar-refractivity contribution >= 4 is 45.5 Å². The van der Waals surface area contributed by atoms with Gasteiger partial charge in [0.1, 0.15) is 0 Å². The molecule has 30 heavy (non-hydrogen) atoms. The number of para-hydroxylation sites is 1. The van der Waals surface area contributed by atoms with Gasteiger partial charge in [-0.3, -0.25) is 19.1 Å². The van der Waals surface area contributed by atoms with Crippen molar-refractivity contribution in [3.05, 3.63) is 50.5 Å². The van der Waals surface area contributed by atoms with Crippen molar-refractivity contribution in [2.45, 2.75) is 39.3 Å². The fraction of sp³-hybridized carbons (Fsp3) is 0.429. The number of carbonyl (C=O) groups excluding carboxylic acids is 1. The van der Waals surface area contributed by atoms with Gasteiger partial charge in [-0.25, -0.2) is 4.98 Å². The summed E-state index contributed by atoms with van der Waals surface area (Å²) in [7, 11) is 0. The monoisotopic (exact) mass is 443 g/mol. The van der Waals surface area contributed by atoms with E-state index >= 15 is 0 Å². The van der Waals surface area contributed by atoms with Gasteiger partial charge in [0.2, 0.25) is 5.91 Å². The highest BCUT2D eigenvalue weighted by atomic mass is 32.1.